The predicted molar refractivity (Wildman–Crippen MR) is 46.3 cm³/mol. The maximum absolute atomic E-state index is 9.52. The van der Waals surface area contributed by atoms with E-state index < -0.39 is 6.10 Å². The smallest absolute Gasteiger partial charge is 0.139 e. The van der Waals surface area contributed by atoms with E-state index in [9.17, 15) is 10.2 Å². The van der Waals surface area contributed by atoms with E-state index >= 15 is 0 Å². The van der Waals surface area contributed by atoms with Crippen LogP contribution in [-0.4, -0.2) is 23.8 Å². The van der Waals surface area contributed by atoms with Crippen molar-refractivity contribution < 1.29 is 10.2 Å². The normalized spacial score (nSPS) is 21.2. The molecule has 1 aliphatic rings. The zero-order valence-corrected chi connectivity index (χ0v) is 6.86. The van der Waals surface area contributed by atoms with Crippen molar-refractivity contribution in [3.63, 3.8) is 0 Å². The number of aliphatic hydroxyl groups is 1. The molecule has 2 rings (SSSR count). The minimum Gasteiger partial charge on any atom is -0.506 e. The van der Waals surface area contributed by atoms with E-state index in [1.165, 1.54) is 0 Å². The van der Waals surface area contributed by atoms with E-state index in [2.05, 4.69) is 0 Å². The molecule has 12 heavy (non-hydrogen) atoms. The first-order valence-corrected chi connectivity index (χ1v) is 3.91. The number of benzene rings is 1. The van der Waals surface area contributed by atoms with Gasteiger partial charge in [0.2, 0.25) is 0 Å². The number of rotatable bonds is 0. The number of likely N-dealkylation sites (N-methyl/N-ethyl adjacent to an activating group) is 1. The molecule has 0 bridgehead atoms. The molecule has 1 heterocycles. The summed E-state index contributed by atoms with van der Waals surface area (Å²) in [5, 5.41) is 19.0. The number of hydrogen-bond acceptors (Lipinski definition) is 3. The topological polar surface area (TPSA) is 43.7 Å². The Hall–Kier alpha value is -1.22. The van der Waals surface area contributed by atoms with Gasteiger partial charge >= 0.3 is 0 Å². The van der Waals surface area contributed by atoms with Crippen molar-refractivity contribution in [2.24, 2.45) is 0 Å². The molecule has 0 amide bonds. The fourth-order valence-corrected chi connectivity index (χ4v) is 1.68. The van der Waals surface area contributed by atoms with Gasteiger partial charge in [0, 0.05) is 19.2 Å². The number of hydrogen-bond donors (Lipinski definition) is 2. The van der Waals surface area contributed by atoms with Gasteiger partial charge in [-0.2, -0.15) is 0 Å². The SMILES string of the molecule is CN1CC(O)c2cccc(O)c21. The number of phenols is 1. The fraction of sp³-hybridized carbons (Fsp3) is 0.333. The molecule has 1 unspecified atom stereocenters. The summed E-state index contributed by atoms with van der Waals surface area (Å²) in [6, 6.07) is 5.22. The predicted octanol–water partition coefficient (Wildman–Crippen LogP) is 0.875. The molecule has 1 aromatic carbocycles. The molecule has 2 N–H and O–H groups in total. The number of aliphatic hydroxyl groups excluding tert-OH is 1. The van der Waals surface area contributed by atoms with Crippen LogP contribution in [0.1, 0.15) is 11.7 Å². The third kappa shape index (κ3) is 0.865. The molecule has 3 heteroatoms. The van der Waals surface area contributed by atoms with Crippen molar-refractivity contribution >= 4 is 5.69 Å². The van der Waals surface area contributed by atoms with Crippen LogP contribution in [0.5, 0.6) is 5.75 Å². The number of anilines is 1. The van der Waals surface area contributed by atoms with Gasteiger partial charge in [-0.1, -0.05) is 12.1 Å². The van der Waals surface area contributed by atoms with Gasteiger partial charge in [-0.15, -0.1) is 0 Å². The lowest BCUT2D eigenvalue weighted by Gasteiger charge is -2.12. The lowest BCUT2D eigenvalue weighted by Crippen LogP contribution is -2.14. The highest BCUT2D eigenvalue weighted by atomic mass is 16.3. The number of fused-ring (bicyclic) bond motifs is 1. The molecule has 1 atom stereocenters. The summed E-state index contributed by atoms with van der Waals surface area (Å²) < 4.78 is 0. The van der Waals surface area contributed by atoms with E-state index in [-0.39, 0.29) is 5.75 Å². The largest absolute Gasteiger partial charge is 0.506 e. The van der Waals surface area contributed by atoms with Crippen LogP contribution < -0.4 is 4.90 Å². The van der Waals surface area contributed by atoms with Crippen LogP contribution >= 0.6 is 0 Å². The lowest BCUT2D eigenvalue weighted by atomic mass is 10.1. The second kappa shape index (κ2) is 2.38. The molecule has 0 saturated carbocycles. The van der Waals surface area contributed by atoms with E-state index in [4.69, 9.17) is 0 Å². The molecule has 0 spiro atoms. The minimum absolute atomic E-state index is 0.242. The van der Waals surface area contributed by atoms with Crippen molar-refractivity contribution in [1.82, 2.24) is 0 Å². The standard InChI is InChI=1S/C9H11NO2/c1-10-5-8(12)6-3-2-4-7(11)9(6)10/h2-4,8,11-12H,5H2,1H3. The van der Waals surface area contributed by atoms with Crippen LogP contribution in [0, 0.1) is 0 Å². The maximum Gasteiger partial charge on any atom is 0.139 e. The first-order chi connectivity index (χ1) is 5.70. The second-order valence-electron chi connectivity index (χ2n) is 3.11. The summed E-state index contributed by atoms with van der Waals surface area (Å²) in [6.07, 6.45) is -0.461. The Kier molecular flexibility index (Phi) is 1.48. The van der Waals surface area contributed by atoms with Crippen molar-refractivity contribution in [2.75, 3.05) is 18.5 Å². The minimum atomic E-state index is -0.461. The van der Waals surface area contributed by atoms with Crippen LogP contribution in [0.4, 0.5) is 5.69 Å². The van der Waals surface area contributed by atoms with Gasteiger partial charge in [-0.25, -0.2) is 0 Å². The number of para-hydroxylation sites is 1. The lowest BCUT2D eigenvalue weighted by molar-refractivity contribution is 0.195. The summed E-state index contributed by atoms with van der Waals surface area (Å²) in [6.45, 7) is 0.562. The summed E-state index contributed by atoms with van der Waals surface area (Å²) in [5.41, 5.74) is 1.57. The number of phenolic OH excluding ortho intramolecular Hbond substituents is 1. The van der Waals surface area contributed by atoms with Crippen LogP contribution in [0.3, 0.4) is 0 Å². The highest BCUT2D eigenvalue weighted by Crippen LogP contribution is 2.39. The zero-order valence-electron chi connectivity index (χ0n) is 6.86. The molecule has 0 saturated heterocycles. The quantitative estimate of drug-likeness (QED) is 0.599. The maximum atomic E-state index is 9.52. The number of β-amino-alcohol motifs (C(OH)–C–C–N with tert-alkyl or cyclic N) is 1. The van der Waals surface area contributed by atoms with Crippen molar-refractivity contribution in [2.45, 2.75) is 6.10 Å². The fourth-order valence-electron chi connectivity index (χ4n) is 1.68. The Balaban J connectivity index is 2.59. The number of nitrogens with zero attached hydrogens (tertiary/aromatic N) is 1. The van der Waals surface area contributed by atoms with Crippen molar-refractivity contribution in [1.29, 1.82) is 0 Å². The van der Waals surface area contributed by atoms with Gasteiger partial charge < -0.3 is 15.1 Å². The molecular weight excluding hydrogens is 154 g/mol. The number of aromatic hydroxyl groups is 1. The molecule has 0 aliphatic carbocycles. The van der Waals surface area contributed by atoms with E-state index in [0.717, 1.165) is 11.3 Å². The highest BCUT2D eigenvalue weighted by Gasteiger charge is 2.26. The van der Waals surface area contributed by atoms with E-state index in [0.29, 0.717) is 6.54 Å². The molecule has 0 radical (unpaired) electrons. The Morgan fingerprint density at radius 1 is 1.50 bits per heavy atom. The zero-order chi connectivity index (χ0) is 8.72. The molecule has 3 nitrogen and oxygen atoms in total. The van der Waals surface area contributed by atoms with Gasteiger partial charge in [0.25, 0.3) is 0 Å². The molecule has 1 aliphatic heterocycles. The Bertz CT molecular complexity index is 311. The first kappa shape index (κ1) is 7.43. The Labute approximate surface area is 70.9 Å². The van der Waals surface area contributed by atoms with Crippen LogP contribution in [0.2, 0.25) is 0 Å². The van der Waals surface area contributed by atoms with Crippen LogP contribution in [0.15, 0.2) is 18.2 Å². The average molecular weight is 165 g/mol. The molecular formula is C9H11NO2. The van der Waals surface area contributed by atoms with Gasteiger partial charge in [-0.05, 0) is 6.07 Å². The summed E-state index contributed by atoms with van der Waals surface area (Å²) in [4.78, 5) is 1.86. The molecule has 0 fully saturated rings. The van der Waals surface area contributed by atoms with Gasteiger partial charge in [0.1, 0.15) is 5.75 Å². The summed E-state index contributed by atoms with van der Waals surface area (Å²) >= 11 is 0. The van der Waals surface area contributed by atoms with Crippen molar-refractivity contribution in [3.05, 3.63) is 23.8 Å². The molecule has 1 aromatic rings. The first-order valence-electron chi connectivity index (χ1n) is 3.91. The Morgan fingerprint density at radius 2 is 2.25 bits per heavy atom. The molecule has 64 valence electrons. The van der Waals surface area contributed by atoms with Crippen molar-refractivity contribution in [3.8, 4) is 5.75 Å². The van der Waals surface area contributed by atoms with E-state index in [1.807, 2.05) is 18.0 Å². The van der Waals surface area contributed by atoms with E-state index in [1.54, 1.807) is 12.1 Å². The van der Waals surface area contributed by atoms with Gasteiger partial charge in [0.05, 0.1) is 11.8 Å². The summed E-state index contributed by atoms with van der Waals surface area (Å²) in [7, 11) is 1.86. The third-order valence-corrected chi connectivity index (χ3v) is 2.23. The van der Waals surface area contributed by atoms with Crippen LogP contribution in [0.25, 0.3) is 0 Å². The third-order valence-electron chi connectivity index (χ3n) is 2.23. The Morgan fingerprint density at radius 3 is 2.92 bits per heavy atom. The van der Waals surface area contributed by atoms with Gasteiger partial charge in [-0.3, -0.25) is 0 Å². The molecule has 0 aromatic heterocycles. The monoisotopic (exact) mass is 165 g/mol. The van der Waals surface area contributed by atoms with Gasteiger partial charge in [0.15, 0.2) is 0 Å². The second-order valence-corrected chi connectivity index (χ2v) is 3.11. The van der Waals surface area contributed by atoms with Crippen LogP contribution in [-0.2, 0) is 0 Å². The average Bonchev–Trinajstić information content (AvgIpc) is 2.29. The summed E-state index contributed by atoms with van der Waals surface area (Å²) in [5.74, 6) is 0.242. The highest BCUT2D eigenvalue weighted by molar-refractivity contribution is 5.67.